The SMILES string of the molecule is CN=C(NCCc1ccc(Cl)nc1)NCCc1cccc(C)c1. The monoisotopic (exact) mass is 330 g/mol. The van der Waals surface area contributed by atoms with Crippen LogP contribution >= 0.6 is 11.6 Å². The third-order valence-electron chi connectivity index (χ3n) is 3.51. The van der Waals surface area contributed by atoms with Gasteiger partial charge in [0, 0.05) is 26.3 Å². The van der Waals surface area contributed by atoms with Gasteiger partial charge in [0.15, 0.2) is 5.96 Å². The van der Waals surface area contributed by atoms with Crippen molar-refractivity contribution in [3.05, 3.63) is 64.4 Å². The average Bonchev–Trinajstić information content (AvgIpc) is 2.55. The molecule has 1 aromatic carbocycles. The maximum absolute atomic E-state index is 5.78. The number of hydrogen-bond donors (Lipinski definition) is 2. The Balaban J connectivity index is 1.70. The van der Waals surface area contributed by atoms with Crippen molar-refractivity contribution in [2.45, 2.75) is 19.8 Å². The molecule has 0 bridgehead atoms. The molecule has 0 radical (unpaired) electrons. The maximum atomic E-state index is 5.78. The van der Waals surface area contributed by atoms with Gasteiger partial charge in [0.2, 0.25) is 0 Å². The number of hydrogen-bond acceptors (Lipinski definition) is 2. The Morgan fingerprint density at radius 3 is 2.43 bits per heavy atom. The Hall–Kier alpha value is -2.07. The zero-order valence-corrected chi connectivity index (χ0v) is 14.4. The van der Waals surface area contributed by atoms with Gasteiger partial charge in [-0.1, -0.05) is 47.5 Å². The van der Waals surface area contributed by atoms with Crippen LogP contribution in [0.25, 0.3) is 0 Å². The second-order valence-electron chi connectivity index (χ2n) is 5.40. The van der Waals surface area contributed by atoms with E-state index in [9.17, 15) is 0 Å². The van der Waals surface area contributed by atoms with Crippen molar-refractivity contribution in [3.8, 4) is 0 Å². The van der Waals surface area contributed by atoms with Crippen LogP contribution in [0.3, 0.4) is 0 Å². The summed E-state index contributed by atoms with van der Waals surface area (Å²) in [5.74, 6) is 0.819. The van der Waals surface area contributed by atoms with Gasteiger partial charge in [-0.15, -0.1) is 0 Å². The van der Waals surface area contributed by atoms with Crippen LogP contribution in [0, 0.1) is 6.92 Å². The first-order valence-electron chi connectivity index (χ1n) is 7.78. The fourth-order valence-electron chi connectivity index (χ4n) is 2.29. The summed E-state index contributed by atoms with van der Waals surface area (Å²) in [5.41, 5.74) is 3.78. The van der Waals surface area contributed by atoms with Crippen LogP contribution in [0.1, 0.15) is 16.7 Å². The highest BCUT2D eigenvalue weighted by Crippen LogP contribution is 2.05. The van der Waals surface area contributed by atoms with Crippen molar-refractivity contribution < 1.29 is 0 Å². The van der Waals surface area contributed by atoms with Gasteiger partial charge in [-0.3, -0.25) is 4.99 Å². The van der Waals surface area contributed by atoms with Crippen LogP contribution < -0.4 is 10.6 Å². The fourth-order valence-corrected chi connectivity index (χ4v) is 2.40. The number of aromatic nitrogens is 1. The lowest BCUT2D eigenvalue weighted by Crippen LogP contribution is -2.39. The first kappa shape index (κ1) is 17.3. The average molecular weight is 331 g/mol. The van der Waals surface area contributed by atoms with E-state index in [1.54, 1.807) is 13.2 Å². The van der Waals surface area contributed by atoms with Crippen molar-refractivity contribution in [2.75, 3.05) is 20.1 Å². The van der Waals surface area contributed by atoms with Crippen molar-refractivity contribution >= 4 is 17.6 Å². The summed E-state index contributed by atoms with van der Waals surface area (Å²) in [6, 6.07) is 12.4. The molecule has 0 amide bonds. The van der Waals surface area contributed by atoms with E-state index in [0.717, 1.165) is 37.5 Å². The van der Waals surface area contributed by atoms with Crippen LogP contribution in [-0.2, 0) is 12.8 Å². The quantitative estimate of drug-likeness (QED) is 0.486. The molecule has 0 fully saturated rings. The third-order valence-corrected chi connectivity index (χ3v) is 3.73. The van der Waals surface area contributed by atoms with E-state index in [-0.39, 0.29) is 0 Å². The van der Waals surface area contributed by atoms with Gasteiger partial charge >= 0.3 is 0 Å². The lowest BCUT2D eigenvalue weighted by molar-refractivity contribution is 0.783. The summed E-state index contributed by atoms with van der Waals surface area (Å²) in [4.78, 5) is 8.32. The van der Waals surface area contributed by atoms with Crippen LogP contribution in [0.4, 0.5) is 0 Å². The van der Waals surface area contributed by atoms with Crippen LogP contribution in [0.5, 0.6) is 0 Å². The van der Waals surface area contributed by atoms with Crippen molar-refractivity contribution in [3.63, 3.8) is 0 Å². The maximum Gasteiger partial charge on any atom is 0.190 e. The lowest BCUT2D eigenvalue weighted by Gasteiger charge is -2.12. The largest absolute Gasteiger partial charge is 0.356 e. The Labute approximate surface area is 143 Å². The lowest BCUT2D eigenvalue weighted by atomic mass is 10.1. The van der Waals surface area contributed by atoms with E-state index < -0.39 is 0 Å². The van der Waals surface area contributed by atoms with E-state index in [1.165, 1.54) is 11.1 Å². The topological polar surface area (TPSA) is 49.3 Å². The van der Waals surface area contributed by atoms with Gasteiger partial charge in [0.05, 0.1) is 0 Å². The molecule has 2 rings (SSSR count). The number of rotatable bonds is 6. The number of nitrogens with one attached hydrogen (secondary N) is 2. The number of benzene rings is 1. The van der Waals surface area contributed by atoms with E-state index >= 15 is 0 Å². The molecular weight excluding hydrogens is 308 g/mol. The summed E-state index contributed by atoms with van der Waals surface area (Å²) < 4.78 is 0. The van der Waals surface area contributed by atoms with E-state index in [1.807, 2.05) is 12.1 Å². The summed E-state index contributed by atoms with van der Waals surface area (Å²) in [6.07, 6.45) is 3.66. The summed E-state index contributed by atoms with van der Waals surface area (Å²) in [7, 11) is 1.78. The molecule has 0 unspecified atom stereocenters. The molecule has 0 saturated heterocycles. The van der Waals surface area contributed by atoms with E-state index in [0.29, 0.717) is 5.15 Å². The number of nitrogens with zero attached hydrogens (tertiary/aromatic N) is 2. The first-order valence-corrected chi connectivity index (χ1v) is 8.15. The van der Waals surface area contributed by atoms with E-state index in [2.05, 4.69) is 51.8 Å². The molecule has 5 heteroatoms. The molecule has 0 aliphatic heterocycles. The molecule has 122 valence electrons. The van der Waals surface area contributed by atoms with Gasteiger partial charge in [0.1, 0.15) is 5.15 Å². The van der Waals surface area contributed by atoms with Gasteiger partial charge in [-0.2, -0.15) is 0 Å². The van der Waals surface area contributed by atoms with Gasteiger partial charge < -0.3 is 10.6 Å². The molecule has 0 atom stereocenters. The zero-order valence-electron chi connectivity index (χ0n) is 13.6. The Morgan fingerprint density at radius 2 is 1.83 bits per heavy atom. The molecular formula is C18H23ClN4. The molecule has 0 aliphatic rings. The molecule has 4 nitrogen and oxygen atoms in total. The Kier molecular flexibility index (Phi) is 6.88. The van der Waals surface area contributed by atoms with Crippen molar-refractivity contribution in [1.82, 2.24) is 15.6 Å². The summed E-state index contributed by atoms with van der Waals surface area (Å²) in [5, 5.41) is 7.17. The van der Waals surface area contributed by atoms with Crippen LogP contribution in [0.2, 0.25) is 5.15 Å². The van der Waals surface area contributed by atoms with Gasteiger partial charge in [-0.25, -0.2) is 4.98 Å². The minimum atomic E-state index is 0.523. The van der Waals surface area contributed by atoms with Crippen LogP contribution in [-0.4, -0.2) is 31.1 Å². The summed E-state index contributed by atoms with van der Waals surface area (Å²) >= 11 is 5.78. The number of aryl methyl sites for hydroxylation is 1. The van der Waals surface area contributed by atoms with Gasteiger partial charge in [-0.05, 0) is 37.0 Å². The van der Waals surface area contributed by atoms with E-state index in [4.69, 9.17) is 11.6 Å². The molecule has 23 heavy (non-hydrogen) atoms. The van der Waals surface area contributed by atoms with Gasteiger partial charge in [0.25, 0.3) is 0 Å². The van der Waals surface area contributed by atoms with Crippen molar-refractivity contribution in [1.29, 1.82) is 0 Å². The first-order chi connectivity index (χ1) is 11.2. The summed E-state index contributed by atoms with van der Waals surface area (Å²) in [6.45, 7) is 3.77. The number of pyridine rings is 1. The smallest absolute Gasteiger partial charge is 0.190 e. The molecule has 1 heterocycles. The minimum absolute atomic E-state index is 0.523. The highest BCUT2D eigenvalue weighted by molar-refractivity contribution is 6.29. The molecule has 1 aromatic heterocycles. The normalized spacial score (nSPS) is 11.3. The van der Waals surface area contributed by atoms with Crippen LogP contribution in [0.15, 0.2) is 47.6 Å². The number of guanidine groups is 1. The highest BCUT2D eigenvalue weighted by Gasteiger charge is 1.99. The molecule has 0 aliphatic carbocycles. The molecule has 2 N–H and O–H groups in total. The van der Waals surface area contributed by atoms with Crippen molar-refractivity contribution in [2.24, 2.45) is 4.99 Å². The molecule has 0 saturated carbocycles. The Morgan fingerprint density at radius 1 is 1.09 bits per heavy atom. The second-order valence-corrected chi connectivity index (χ2v) is 5.79. The predicted octanol–water partition coefficient (Wildman–Crippen LogP) is 2.99. The second kappa shape index (κ2) is 9.16. The molecule has 2 aromatic rings. The molecule has 0 spiro atoms. The Bertz CT molecular complexity index is 638. The standard InChI is InChI=1S/C18H23ClN4/c1-14-4-3-5-15(12-14)8-10-21-18(20-2)22-11-9-16-6-7-17(19)23-13-16/h3-7,12-13H,8-11H2,1-2H3,(H2,20,21,22). The zero-order chi connectivity index (χ0) is 16.5. The highest BCUT2D eigenvalue weighted by atomic mass is 35.5. The predicted molar refractivity (Wildman–Crippen MR) is 97.2 cm³/mol. The number of aliphatic imine (C=N–C) groups is 1. The third kappa shape index (κ3) is 6.28. The minimum Gasteiger partial charge on any atom is -0.356 e. The fraction of sp³-hybridized carbons (Fsp3) is 0.333. The number of halogens is 1.